The molecular formula is C25H18F2N4O2. The third kappa shape index (κ3) is 3.87. The lowest BCUT2D eigenvalue weighted by Gasteiger charge is -2.35. The first-order chi connectivity index (χ1) is 16.0. The predicted octanol–water partition coefficient (Wildman–Crippen LogP) is 5.72. The van der Waals surface area contributed by atoms with Gasteiger partial charge in [0.1, 0.15) is 11.6 Å². The quantitative estimate of drug-likeness (QED) is 0.437. The van der Waals surface area contributed by atoms with E-state index in [9.17, 15) is 13.6 Å². The molecule has 2 heterocycles. The Bertz CT molecular complexity index is 1350. The Labute approximate surface area is 188 Å². The summed E-state index contributed by atoms with van der Waals surface area (Å²) >= 11 is 0. The van der Waals surface area contributed by atoms with Crippen molar-refractivity contribution in [2.45, 2.75) is 13.0 Å². The van der Waals surface area contributed by atoms with Gasteiger partial charge < -0.3 is 9.84 Å². The zero-order valence-corrected chi connectivity index (χ0v) is 17.5. The van der Waals surface area contributed by atoms with Crippen LogP contribution in [0.2, 0.25) is 0 Å². The fourth-order valence-electron chi connectivity index (χ4n) is 3.89. The Balaban J connectivity index is 1.66. The summed E-state index contributed by atoms with van der Waals surface area (Å²) < 4.78 is 33.1. The Morgan fingerprint density at radius 2 is 1.70 bits per heavy atom. The number of aromatic nitrogens is 2. The van der Waals surface area contributed by atoms with E-state index in [1.807, 2.05) is 30.3 Å². The minimum Gasteiger partial charge on any atom is -0.334 e. The molecule has 1 aromatic heterocycles. The third-order valence-electron chi connectivity index (χ3n) is 5.44. The van der Waals surface area contributed by atoms with Gasteiger partial charge in [-0.1, -0.05) is 53.7 Å². The van der Waals surface area contributed by atoms with Crippen molar-refractivity contribution in [3.63, 3.8) is 0 Å². The highest BCUT2D eigenvalue weighted by molar-refractivity contribution is 6.01. The molecule has 0 saturated carbocycles. The summed E-state index contributed by atoms with van der Waals surface area (Å²) in [6, 6.07) is 19.7. The number of nitrogens with zero attached hydrogens (tertiary/aromatic N) is 3. The molecular weight excluding hydrogens is 426 g/mol. The number of anilines is 1. The zero-order chi connectivity index (χ0) is 22.9. The van der Waals surface area contributed by atoms with Crippen LogP contribution in [0.3, 0.4) is 0 Å². The molecule has 0 spiro atoms. The molecule has 1 unspecified atom stereocenters. The molecule has 8 heteroatoms. The van der Waals surface area contributed by atoms with Crippen LogP contribution in [0.1, 0.15) is 24.4 Å². The highest BCUT2D eigenvalue weighted by atomic mass is 19.1. The lowest BCUT2D eigenvalue weighted by Crippen LogP contribution is -2.46. The number of allylic oxidation sites excluding steroid dienone is 1. The summed E-state index contributed by atoms with van der Waals surface area (Å²) in [5.41, 5.74) is 2.77. The summed E-state index contributed by atoms with van der Waals surface area (Å²) in [6.07, 6.45) is 0. The summed E-state index contributed by atoms with van der Waals surface area (Å²) in [6.45, 7) is 1.72. The number of rotatable bonds is 4. The molecule has 164 valence electrons. The average molecular weight is 444 g/mol. The third-order valence-corrected chi connectivity index (χ3v) is 5.44. The molecule has 4 aromatic rings. The molecule has 0 fully saturated rings. The highest BCUT2D eigenvalue weighted by Crippen LogP contribution is 2.39. The Morgan fingerprint density at radius 1 is 0.939 bits per heavy atom. The Hall–Kier alpha value is -4.33. The van der Waals surface area contributed by atoms with E-state index < -0.39 is 23.7 Å². The fourth-order valence-corrected chi connectivity index (χ4v) is 3.89. The molecule has 3 aromatic carbocycles. The number of amides is 2. The van der Waals surface area contributed by atoms with Crippen molar-refractivity contribution in [2.24, 2.45) is 0 Å². The molecule has 5 rings (SSSR count). The van der Waals surface area contributed by atoms with E-state index in [1.165, 1.54) is 35.2 Å². The second-order valence-corrected chi connectivity index (χ2v) is 7.54. The number of benzene rings is 3. The van der Waals surface area contributed by atoms with Crippen molar-refractivity contribution < 1.29 is 18.1 Å². The van der Waals surface area contributed by atoms with E-state index in [-0.39, 0.29) is 5.89 Å². The van der Waals surface area contributed by atoms with Gasteiger partial charge in [0.25, 0.3) is 5.89 Å². The summed E-state index contributed by atoms with van der Waals surface area (Å²) in [7, 11) is 0. The number of urea groups is 1. The van der Waals surface area contributed by atoms with Gasteiger partial charge >= 0.3 is 6.03 Å². The number of hydrogen-bond acceptors (Lipinski definition) is 4. The van der Waals surface area contributed by atoms with Crippen LogP contribution in [-0.4, -0.2) is 16.2 Å². The molecule has 1 aliphatic heterocycles. The van der Waals surface area contributed by atoms with E-state index in [1.54, 1.807) is 25.1 Å². The standard InChI is InChI=1S/C25H18F2N4O2/c1-15-21(24-29-23(30-33-24)17-6-3-2-4-7-17)22(16-10-12-18(26)13-11-16)28-25(32)31(15)20-9-5-8-19(27)14-20/h2-14,22H,1H3,(H,28,32). The topological polar surface area (TPSA) is 71.3 Å². The maximum absolute atomic E-state index is 13.9. The van der Waals surface area contributed by atoms with Crippen molar-refractivity contribution in [2.75, 3.05) is 4.90 Å². The summed E-state index contributed by atoms with van der Waals surface area (Å²) in [5.74, 6) is -0.284. The molecule has 1 aliphatic rings. The van der Waals surface area contributed by atoms with Gasteiger partial charge in [0.15, 0.2) is 0 Å². The number of carbonyl (C=O) groups is 1. The van der Waals surface area contributed by atoms with Crippen LogP contribution < -0.4 is 10.2 Å². The maximum Gasteiger partial charge on any atom is 0.327 e. The van der Waals surface area contributed by atoms with Gasteiger partial charge in [-0.25, -0.2) is 13.6 Å². The SMILES string of the molecule is CC1=C(c2nc(-c3ccccc3)no2)C(c2ccc(F)cc2)NC(=O)N1c1cccc(F)c1. The number of hydrogen-bond donors (Lipinski definition) is 1. The minimum atomic E-state index is -0.674. The molecule has 6 nitrogen and oxygen atoms in total. The van der Waals surface area contributed by atoms with E-state index in [2.05, 4.69) is 15.5 Å². The monoisotopic (exact) mass is 444 g/mol. The van der Waals surface area contributed by atoms with E-state index in [0.717, 1.165) is 5.56 Å². The summed E-state index contributed by atoms with van der Waals surface area (Å²) in [4.78, 5) is 19.0. The van der Waals surface area contributed by atoms with E-state index in [4.69, 9.17) is 4.52 Å². The Morgan fingerprint density at radius 3 is 2.42 bits per heavy atom. The van der Waals surface area contributed by atoms with E-state index in [0.29, 0.717) is 28.3 Å². The van der Waals surface area contributed by atoms with Crippen LogP contribution in [0.25, 0.3) is 17.0 Å². The largest absolute Gasteiger partial charge is 0.334 e. The van der Waals surface area contributed by atoms with Crippen molar-refractivity contribution in [1.82, 2.24) is 15.5 Å². The van der Waals surface area contributed by atoms with Gasteiger partial charge in [-0.3, -0.25) is 4.90 Å². The van der Waals surface area contributed by atoms with Crippen LogP contribution in [0.4, 0.5) is 19.3 Å². The smallest absolute Gasteiger partial charge is 0.327 e. The van der Waals surface area contributed by atoms with Gasteiger partial charge in [0, 0.05) is 11.3 Å². The van der Waals surface area contributed by atoms with Crippen LogP contribution in [0, 0.1) is 11.6 Å². The Kier molecular flexibility index (Phi) is 5.18. The highest BCUT2D eigenvalue weighted by Gasteiger charge is 2.36. The van der Waals surface area contributed by atoms with Crippen LogP contribution in [0.15, 0.2) is 89.1 Å². The molecule has 0 saturated heterocycles. The lowest BCUT2D eigenvalue weighted by molar-refractivity contribution is 0.244. The molecule has 0 radical (unpaired) electrons. The normalized spacial score (nSPS) is 16.2. The second kappa shape index (κ2) is 8.31. The first kappa shape index (κ1) is 20.6. The average Bonchev–Trinajstić information content (AvgIpc) is 3.30. The predicted molar refractivity (Wildman–Crippen MR) is 119 cm³/mol. The minimum absolute atomic E-state index is 0.196. The lowest BCUT2D eigenvalue weighted by atomic mass is 9.94. The maximum atomic E-state index is 13.9. The van der Waals surface area contributed by atoms with E-state index >= 15 is 0 Å². The van der Waals surface area contributed by atoms with Gasteiger partial charge in [-0.05, 0) is 42.8 Å². The van der Waals surface area contributed by atoms with Crippen LogP contribution in [-0.2, 0) is 0 Å². The summed E-state index contributed by atoms with van der Waals surface area (Å²) in [5, 5.41) is 7.00. The molecule has 1 atom stereocenters. The second-order valence-electron chi connectivity index (χ2n) is 7.54. The van der Waals surface area contributed by atoms with Crippen molar-refractivity contribution >= 4 is 17.3 Å². The van der Waals surface area contributed by atoms with Crippen LogP contribution in [0.5, 0.6) is 0 Å². The first-order valence-corrected chi connectivity index (χ1v) is 10.2. The molecule has 0 aliphatic carbocycles. The number of nitrogens with one attached hydrogen (secondary N) is 1. The fraction of sp³-hybridized carbons (Fsp3) is 0.0800. The van der Waals surface area contributed by atoms with Crippen LogP contribution >= 0.6 is 0 Å². The van der Waals surface area contributed by atoms with Crippen molar-refractivity contribution in [3.05, 3.63) is 108 Å². The molecule has 0 bridgehead atoms. The molecule has 33 heavy (non-hydrogen) atoms. The number of halogens is 2. The van der Waals surface area contributed by atoms with Gasteiger partial charge in [-0.15, -0.1) is 0 Å². The molecule has 2 amide bonds. The first-order valence-electron chi connectivity index (χ1n) is 10.2. The number of carbonyl (C=O) groups excluding carboxylic acids is 1. The van der Waals surface area contributed by atoms with Gasteiger partial charge in [0.05, 0.1) is 17.3 Å². The zero-order valence-electron chi connectivity index (χ0n) is 17.5. The molecule has 1 N–H and O–H groups in total. The van der Waals surface area contributed by atoms with Gasteiger partial charge in [-0.2, -0.15) is 4.98 Å². The van der Waals surface area contributed by atoms with Crippen molar-refractivity contribution in [1.29, 1.82) is 0 Å². The van der Waals surface area contributed by atoms with Crippen molar-refractivity contribution in [3.8, 4) is 11.4 Å². The van der Waals surface area contributed by atoms with Gasteiger partial charge in [0.2, 0.25) is 5.82 Å².